The summed E-state index contributed by atoms with van der Waals surface area (Å²) in [4.78, 5) is 23.4. The molecule has 0 aliphatic carbocycles. The van der Waals surface area contributed by atoms with Crippen LogP contribution in [0.1, 0.15) is 18.4 Å². The molecule has 1 aromatic carbocycles. The van der Waals surface area contributed by atoms with E-state index in [2.05, 4.69) is 26.6 Å². The van der Waals surface area contributed by atoms with E-state index in [4.69, 9.17) is 5.73 Å². The average molecular weight is 326 g/mol. The number of piperidine rings is 1. The number of hydrogen-bond donors (Lipinski definition) is 3. The third-order valence-electron chi connectivity index (χ3n) is 3.23. The highest BCUT2D eigenvalue weighted by Gasteiger charge is 2.25. The molecular weight excluding hydrogens is 310 g/mol. The van der Waals surface area contributed by atoms with Crippen LogP contribution in [0.2, 0.25) is 0 Å². The van der Waals surface area contributed by atoms with Gasteiger partial charge in [0.15, 0.2) is 0 Å². The van der Waals surface area contributed by atoms with E-state index in [9.17, 15) is 9.59 Å². The fourth-order valence-electron chi connectivity index (χ4n) is 2.10. The first-order valence-electron chi connectivity index (χ1n) is 6.10. The molecule has 1 heterocycles. The van der Waals surface area contributed by atoms with E-state index in [-0.39, 0.29) is 24.2 Å². The zero-order chi connectivity index (χ0) is 14.0. The molecular formula is C13H16BrN3O2. The van der Waals surface area contributed by atoms with Crippen LogP contribution in [-0.4, -0.2) is 18.4 Å². The zero-order valence-electron chi connectivity index (χ0n) is 10.6. The molecule has 0 bridgehead atoms. The number of benzene rings is 1. The van der Waals surface area contributed by atoms with E-state index in [1.54, 1.807) is 6.07 Å². The molecule has 0 spiro atoms. The predicted octanol–water partition coefficient (Wildman–Crippen LogP) is 1.80. The van der Waals surface area contributed by atoms with Gasteiger partial charge in [0.2, 0.25) is 11.8 Å². The van der Waals surface area contributed by atoms with Crippen LogP contribution in [0.15, 0.2) is 16.6 Å². The lowest BCUT2D eigenvalue weighted by Crippen LogP contribution is -2.38. The van der Waals surface area contributed by atoms with Crippen LogP contribution in [0.4, 0.5) is 11.4 Å². The molecule has 0 saturated carbocycles. The van der Waals surface area contributed by atoms with Gasteiger partial charge in [-0.3, -0.25) is 9.59 Å². The van der Waals surface area contributed by atoms with Crippen LogP contribution >= 0.6 is 15.9 Å². The topological polar surface area (TPSA) is 84.2 Å². The summed E-state index contributed by atoms with van der Waals surface area (Å²) in [6, 6.07) is 3.65. The number of rotatable bonds is 2. The van der Waals surface area contributed by atoms with Crippen molar-refractivity contribution in [1.29, 1.82) is 0 Å². The number of nitrogens with two attached hydrogens (primary N) is 1. The lowest BCUT2D eigenvalue weighted by Gasteiger charge is -2.22. The number of aryl methyl sites for hydroxylation is 1. The third kappa shape index (κ3) is 3.26. The first kappa shape index (κ1) is 13.9. The summed E-state index contributed by atoms with van der Waals surface area (Å²) >= 11 is 3.37. The zero-order valence-corrected chi connectivity index (χ0v) is 12.2. The Kier molecular flexibility index (Phi) is 4.09. The second-order valence-electron chi connectivity index (χ2n) is 4.71. The number of anilines is 2. The van der Waals surface area contributed by atoms with Crippen molar-refractivity contribution >= 4 is 39.1 Å². The van der Waals surface area contributed by atoms with Gasteiger partial charge in [-0.1, -0.05) is 15.9 Å². The molecule has 6 heteroatoms. The first-order chi connectivity index (χ1) is 8.97. The van der Waals surface area contributed by atoms with Crippen molar-refractivity contribution < 1.29 is 9.59 Å². The third-order valence-corrected chi connectivity index (χ3v) is 3.68. The van der Waals surface area contributed by atoms with Crippen LogP contribution in [0.5, 0.6) is 0 Å². The maximum atomic E-state index is 12.1. The summed E-state index contributed by atoms with van der Waals surface area (Å²) in [5, 5.41) is 5.52. The monoisotopic (exact) mass is 325 g/mol. The molecule has 1 aromatic rings. The quantitative estimate of drug-likeness (QED) is 0.725. The maximum absolute atomic E-state index is 12.1. The smallest absolute Gasteiger partial charge is 0.228 e. The van der Waals surface area contributed by atoms with Gasteiger partial charge in [-0.15, -0.1) is 0 Å². The summed E-state index contributed by atoms with van der Waals surface area (Å²) < 4.78 is 0.857. The largest absolute Gasteiger partial charge is 0.397 e. The van der Waals surface area contributed by atoms with E-state index >= 15 is 0 Å². The van der Waals surface area contributed by atoms with Crippen molar-refractivity contribution in [2.24, 2.45) is 5.92 Å². The highest BCUT2D eigenvalue weighted by atomic mass is 79.9. The second-order valence-corrected chi connectivity index (χ2v) is 5.63. The molecule has 1 aliphatic rings. The average Bonchev–Trinajstić information content (AvgIpc) is 2.35. The Bertz CT molecular complexity index is 531. The van der Waals surface area contributed by atoms with Gasteiger partial charge in [-0.2, -0.15) is 0 Å². The Labute approximate surface area is 120 Å². The van der Waals surface area contributed by atoms with Gasteiger partial charge >= 0.3 is 0 Å². The van der Waals surface area contributed by atoms with Crippen molar-refractivity contribution in [3.05, 3.63) is 22.2 Å². The molecule has 1 unspecified atom stereocenters. The summed E-state index contributed by atoms with van der Waals surface area (Å²) in [6.07, 6.45) is 0.892. The Balaban J connectivity index is 2.12. The van der Waals surface area contributed by atoms with Gasteiger partial charge in [-0.25, -0.2) is 0 Å². The maximum Gasteiger partial charge on any atom is 0.228 e. The van der Waals surface area contributed by atoms with Gasteiger partial charge in [-0.05, 0) is 31.0 Å². The van der Waals surface area contributed by atoms with Crippen molar-refractivity contribution in [2.75, 3.05) is 17.6 Å². The number of nitrogen functional groups attached to an aromatic ring is 1. The lowest BCUT2D eigenvalue weighted by molar-refractivity contribution is -0.129. The number of halogens is 1. The van der Waals surface area contributed by atoms with Crippen molar-refractivity contribution in [1.82, 2.24) is 5.32 Å². The van der Waals surface area contributed by atoms with Crippen LogP contribution in [0, 0.1) is 12.8 Å². The lowest BCUT2D eigenvalue weighted by atomic mass is 9.96. The minimum Gasteiger partial charge on any atom is -0.397 e. The molecule has 1 fully saturated rings. The van der Waals surface area contributed by atoms with Crippen molar-refractivity contribution in [3.63, 3.8) is 0 Å². The van der Waals surface area contributed by atoms with Crippen LogP contribution in [0.25, 0.3) is 0 Å². The van der Waals surface area contributed by atoms with Gasteiger partial charge < -0.3 is 16.4 Å². The number of carbonyl (C=O) groups is 2. The number of hydrogen-bond acceptors (Lipinski definition) is 3. The molecule has 2 amide bonds. The van der Waals surface area contributed by atoms with Gasteiger partial charge in [0.1, 0.15) is 0 Å². The van der Waals surface area contributed by atoms with Crippen LogP contribution in [0.3, 0.4) is 0 Å². The van der Waals surface area contributed by atoms with Crippen molar-refractivity contribution in [3.8, 4) is 0 Å². The highest BCUT2D eigenvalue weighted by molar-refractivity contribution is 9.10. The van der Waals surface area contributed by atoms with E-state index < -0.39 is 0 Å². The molecule has 1 saturated heterocycles. The summed E-state index contributed by atoms with van der Waals surface area (Å²) in [5.74, 6) is -0.517. The molecule has 2 rings (SSSR count). The van der Waals surface area contributed by atoms with Crippen LogP contribution in [-0.2, 0) is 9.59 Å². The minimum atomic E-state index is -0.285. The van der Waals surface area contributed by atoms with E-state index in [1.165, 1.54) is 0 Å². The summed E-state index contributed by atoms with van der Waals surface area (Å²) in [5.41, 5.74) is 7.97. The van der Waals surface area contributed by atoms with Gasteiger partial charge in [0.05, 0.1) is 11.4 Å². The van der Waals surface area contributed by atoms with E-state index in [1.807, 2.05) is 13.0 Å². The number of carbonyl (C=O) groups excluding carboxylic acids is 2. The standard InChI is InChI=1S/C13H16BrN3O2/c1-7-4-9(14)6-10(12(7)15)17-13(19)8-2-3-16-11(18)5-8/h4,6,8H,2-3,5,15H2,1H3,(H,16,18)(H,17,19). The minimum absolute atomic E-state index is 0.0789. The second kappa shape index (κ2) is 5.61. The normalized spacial score (nSPS) is 18.8. The molecule has 5 nitrogen and oxygen atoms in total. The highest BCUT2D eigenvalue weighted by Crippen LogP contribution is 2.28. The Morgan fingerprint density at radius 1 is 1.53 bits per heavy atom. The van der Waals surface area contributed by atoms with E-state index in [0.29, 0.717) is 24.3 Å². The fourth-order valence-corrected chi connectivity index (χ4v) is 2.67. The summed E-state index contributed by atoms with van der Waals surface area (Å²) in [7, 11) is 0. The predicted molar refractivity (Wildman–Crippen MR) is 77.7 cm³/mol. The van der Waals surface area contributed by atoms with E-state index in [0.717, 1.165) is 10.0 Å². The Morgan fingerprint density at radius 2 is 2.26 bits per heavy atom. The first-order valence-corrected chi connectivity index (χ1v) is 6.90. The Morgan fingerprint density at radius 3 is 2.95 bits per heavy atom. The molecule has 1 aliphatic heterocycles. The van der Waals surface area contributed by atoms with Gasteiger partial charge in [0.25, 0.3) is 0 Å². The fraction of sp³-hybridized carbons (Fsp3) is 0.385. The molecule has 102 valence electrons. The molecule has 1 atom stereocenters. The van der Waals surface area contributed by atoms with Crippen LogP contribution < -0.4 is 16.4 Å². The molecule has 0 radical (unpaired) electrons. The Hall–Kier alpha value is -1.56. The van der Waals surface area contributed by atoms with Crippen molar-refractivity contribution in [2.45, 2.75) is 19.8 Å². The number of nitrogens with one attached hydrogen (secondary N) is 2. The van der Waals surface area contributed by atoms with Gasteiger partial charge in [0, 0.05) is 23.4 Å². The summed E-state index contributed by atoms with van der Waals surface area (Å²) in [6.45, 7) is 2.42. The molecule has 0 aromatic heterocycles. The number of amides is 2. The molecule has 4 N–H and O–H groups in total. The molecule has 19 heavy (non-hydrogen) atoms. The SMILES string of the molecule is Cc1cc(Br)cc(NC(=O)C2CCNC(=O)C2)c1N.